The van der Waals surface area contributed by atoms with Gasteiger partial charge in [0.15, 0.2) is 0 Å². The minimum atomic E-state index is -0.263. The highest BCUT2D eigenvalue weighted by molar-refractivity contribution is 9.10. The summed E-state index contributed by atoms with van der Waals surface area (Å²) in [6.45, 7) is 1.47. The van der Waals surface area contributed by atoms with Crippen molar-refractivity contribution < 1.29 is 10.2 Å². The molecule has 4 heteroatoms. The van der Waals surface area contributed by atoms with Gasteiger partial charge in [-0.05, 0) is 25.1 Å². The van der Waals surface area contributed by atoms with E-state index < -0.39 is 0 Å². The van der Waals surface area contributed by atoms with Gasteiger partial charge >= 0.3 is 0 Å². The molecule has 0 aliphatic rings. The molecule has 0 bridgehead atoms. The average Bonchev–Trinajstić information content (AvgIpc) is 2.04. The van der Waals surface area contributed by atoms with Crippen LogP contribution in [0.1, 0.15) is 12.5 Å². The van der Waals surface area contributed by atoms with Crippen LogP contribution < -0.4 is 0 Å². The lowest BCUT2D eigenvalue weighted by Gasteiger charge is -2.03. The summed E-state index contributed by atoms with van der Waals surface area (Å²) < 4.78 is 0.811. The van der Waals surface area contributed by atoms with Crippen LogP contribution in [-0.2, 0) is 0 Å². The number of aliphatic hydroxyl groups is 1. The predicted octanol–water partition coefficient (Wildman–Crippen LogP) is 1.91. The molecule has 0 amide bonds. The van der Waals surface area contributed by atoms with E-state index in [2.05, 4.69) is 20.9 Å². The third kappa shape index (κ3) is 2.54. The second-order valence-electron chi connectivity index (χ2n) is 2.55. The molecule has 0 fully saturated rings. The Bertz CT molecular complexity index is 336. The van der Waals surface area contributed by atoms with Crippen molar-refractivity contribution in [3.63, 3.8) is 0 Å². The number of phenolic OH excluding ortho intramolecular Hbond substituents is 1. The molecular weight excluding hydrogens is 234 g/mol. The maximum atomic E-state index is 9.50. The van der Waals surface area contributed by atoms with E-state index in [9.17, 15) is 5.11 Å². The molecule has 0 aromatic heterocycles. The van der Waals surface area contributed by atoms with E-state index in [-0.39, 0.29) is 12.5 Å². The molecule has 1 aromatic rings. The van der Waals surface area contributed by atoms with E-state index in [0.29, 0.717) is 11.3 Å². The van der Waals surface area contributed by atoms with Gasteiger partial charge in [-0.2, -0.15) is 0 Å². The first-order valence-corrected chi connectivity index (χ1v) is 4.55. The van der Waals surface area contributed by atoms with Crippen LogP contribution in [0.3, 0.4) is 0 Å². The zero-order valence-corrected chi connectivity index (χ0v) is 8.74. The van der Waals surface area contributed by atoms with Crippen molar-refractivity contribution in [2.45, 2.75) is 6.92 Å². The summed E-state index contributed by atoms with van der Waals surface area (Å²) in [6.07, 6.45) is 0. The van der Waals surface area contributed by atoms with Crippen molar-refractivity contribution in [2.24, 2.45) is 4.99 Å². The fraction of sp³-hybridized carbons (Fsp3) is 0.222. The van der Waals surface area contributed by atoms with Crippen LogP contribution in [0.2, 0.25) is 0 Å². The quantitative estimate of drug-likeness (QED) is 0.781. The van der Waals surface area contributed by atoms with Crippen LogP contribution in [-0.4, -0.2) is 22.7 Å². The molecule has 0 unspecified atom stereocenters. The molecular formula is C9H10BrNO2. The minimum Gasteiger partial charge on any atom is -0.507 e. The fourth-order valence-electron chi connectivity index (χ4n) is 1.00. The Labute approximate surface area is 84.9 Å². The summed E-state index contributed by atoms with van der Waals surface area (Å²) in [4.78, 5) is 3.78. The lowest BCUT2D eigenvalue weighted by Crippen LogP contribution is -1.96. The number of hydrogen-bond acceptors (Lipinski definition) is 3. The first-order chi connectivity index (χ1) is 6.15. The van der Waals surface area contributed by atoms with Gasteiger partial charge in [0.25, 0.3) is 0 Å². The monoisotopic (exact) mass is 243 g/mol. The molecule has 70 valence electrons. The van der Waals surface area contributed by atoms with Crippen molar-refractivity contribution in [1.82, 2.24) is 0 Å². The molecule has 1 rings (SSSR count). The number of halogens is 1. The Hall–Kier alpha value is -0.870. The Kier molecular flexibility index (Phi) is 3.45. The number of aromatic hydroxyl groups is 1. The fourth-order valence-corrected chi connectivity index (χ4v) is 1.35. The van der Waals surface area contributed by atoms with Gasteiger partial charge in [0.1, 0.15) is 12.5 Å². The van der Waals surface area contributed by atoms with E-state index in [4.69, 9.17) is 5.11 Å². The average molecular weight is 244 g/mol. The molecule has 2 N–H and O–H groups in total. The Morgan fingerprint density at radius 1 is 1.54 bits per heavy atom. The molecule has 0 atom stereocenters. The van der Waals surface area contributed by atoms with Crippen LogP contribution in [0.4, 0.5) is 0 Å². The van der Waals surface area contributed by atoms with E-state index in [0.717, 1.165) is 4.47 Å². The number of benzene rings is 1. The number of aliphatic imine (C=N–C) groups is 1. The van der Waals surface area contributed by atoms with Crippen LogP contribution in [0.25, 0.3) is 0 Å². The van der Waals surface area contributed by atoms with Crippen LogP contribution in [0, 0.1) is 0 Å². The standard InChI is InChI=1S/C9H10BrNO2/c1-6(11-5-12)8-3-2-7(10)4-9(8)13/h2-4,12-13H,5H2,1H3. The van der Waals surface area contributed by atoms with E-state index in [1.807, 2.05) is 6.07 Å². The minimum absolute atomic E-state index is 0.157. The largest absolute Gasteiger partial charge is 0.507 e. The molecule has 0 saturated heterocycles. The van der Waals surface area contributed by atoms with Gasteiger partial charge in [0, 0.05) is 15.7 Å². The molecule has 1 aromatic carbocycles. The number of aliphatic hydroxyl groups excluding tert-OH is 1. The van der Waals surface area contributed by atoms with Crippen LogP contribution in [0.5, 0.6) is 5.75 Å². The van der Waals surface area contributed by atoms with Crippen molar-refractivity contribution >= 4 is 21.6 Å². The summed E-state index contributed by atoms with van der Waals surface area (Å²) in [6, 6.07) is 5.14. The molecule has 0 heterocycles. The van der Waals surface area contributed by atoms with Crippen LogP contribution in [0.15, 0.2) is 27.7 Å². The molecule has 0 radical (unpaired) electrons. The predicted molar refractivity (Wildman–Crippen MR) is 55.1 cm³/mol. The zero-order chi connectivity index (χ0) is 9.84. The first kappa shape index (κ1) is 10.2. The van der Waals surface area contributed by atoms with Crippen molar-refractivity contribution in [3.05, 3.63) is 28.2 Å². The van der Waals surface area contributed by atoms with E-state index >= 15 is 0 Å². The Morgan fingerprint density at radius 2 is 2.23 bits per heavy atom. The van der Waals surface area contributed by atoms with Gasteiger partial charge in [-0.15, -0.1) is 0 Å². The number of hydrogen-bond donors (Lipinski definition) is 2. The zero-order valence-electron chi connectivity index (χ0n) is 7.16. The van der Waals surface area contributed by atoms with Crippen LogP contribution >= 0.6 is 15.9 Å². The lowest BCUT2D eigenvalue weighted by atomic mass is 10.1. The van der Waals surface area contributed by atoms with Gasteiger partial charge in [-0.1, -0.05) is 15.9 Å². The second kappa shape index (κ2) is 4.39. The molecule has 0 aliphatic heterocycles. The number of rotatable bonds is 2. The molecule has 0 aliphatic carbocycles. The SMILES string of the molecule is CC(=NCO)c1ccc(Br)cc1O. The van der Waals surface area contributed by atoms with Gasteiger partial charge in [-0.3, -0.25) is 4.99 Å². The maximum absolute atomic E-state index is 9.50. The van der Waals surface area contributed by atoms with Crippen molar-refractivity contribution in [3.8, 4) is 5.75 Å². The maximum Gasteiger partial charge on any atom is 0.134 e. The van der Waals surface area contributed by atoms with Gasteiger partial charge < -0.3 is 10.2 Å². The third-order valence-corrected chi connectivity index (χ3v) is 2.15. The molecule has 0 spiro atoms. The molecule has 3 nitrogen and oxygen atoms in total. The highest BCUT2D eigenvalue weighted by Crippen LogP contribution is 2.22. The summed E-state index contributed by atoms with van der Waals surface area (Å²) in [5.41, 5.74) is 1.25. The highest BCUT2D eigenvalue weighted by Gasteiger charge is 2.03. The van der Waals surface area contributed by atoms with Gasteiger partial charge in [0.05, 0.1) is 0 Å². The Balaban J connectivity index is 3.09. The summed E-state index contributed by atoms with van der Waals surface area (Å²) >= 11 is 3.24. The second-order valence-corrected chi connectivity index (χ2v) is 3.46. The third-order valence-electron chi connectivity index (χ3n) is 1.66. The van der Waals surface area contributed by atoms with E-state index in [1.54, 1.807) is 19.1 Å². The van der Waals surface area contributed by atoms with Gasteiger partial charge in [-0.25, -0.2) is 0 Å². The summed E-state index contributed by atoms with van der Waals surface area (Å²) in [5.74, 6) is 0.157. The topological polar surface area (TPSA) is 52.8 Å². The van der Waals surface area contributed by atoms with Crippen molar-refractivity contribution in [2.75, 3.05) is 6.73 Å². The smallest absolute Gasteiger partial charge is 0.134 e. The van der Waals surface area contributed by atoms with E-state index in [1.165, 1.54) is 0 Å². The lowest BCUT2D eigenvalue weighted by molar-refractivity contribution is 0.309. The van der Waals surface area contributed by atoms with Gasteiger partial charge in [0.2, 0.25) is 0 Å². The normalized spacial score (nSPS) is 11.8. The molecule has 0 saturated carbocycles. The first-order valence-electron chi connectivity index (χ1n) is 3.76. The number of nitrogens with zero attached hydrogens (tertiary/aromatic N) is 1. The highest BCUT2D eigenvalue weighted by atomic mass is 79.9. The summed E-state index contributed by atoms with van der Waals surface area (Å²) in [7, 11) is 0. The number of phenols is 1. The molecule has 13 heavy (non-hydrogen) atoms. The summed E-state index contributed by atoms with van der Waals surface area (Å²) in [5, 5.41) is 18.1. The van der Waals surface area contributed by atoms with Crippen molar-refractivity contribution in [1.29, 1.82) is 0 Å². The Morgan fingerprint density at radius 3 is 2.77 bits per heavy atom.